The number of amides is 17. The van der Waals surface area contributed by atoms with Crippen LogP contribution >= 0.6 is 35.3 Å². The van der Waals surface area contributed by atoms with Gasteiger partial charge < -0.3 is 177 Å². The highest BCUT2D eigenvalue weighted by atomic mass is 32.2. The summed E-state index contributed by atoms with van der Waals surface area (Å²) in [5.41, 5.74) is 11.3. The summed E-state index contributed by atoms with van der Waals surface area (Å²) < 4.78 is 85.1. The molecule has 0 unspecified atom stereocenters. The van der Waals surface area contributed by atoms with Crippen molar-refractivity contribution in [1.82, 2.24) is 85.1 Å². The quantitative estimate of drug-likeness (QED) is 0.0270. The molecule has 0 aliphatic carbocycles. The summed E-state index contributed by atoms with van der Waals surface area (Å²) in [6, 6.07) is -1.28. The summed E-state index contributed by atoms with van der Waals surface area (Å²) in [5.74, 6) is -13.4. The zero-order chi connectivity index (χ0) is 110. The third kappa shape index (κ3) is 78.2. The van der Waals surface area contributed by atoms with E-state index >= 15 is 0 Å². The van der Waals surface area contributed by atoms with Gasteiger partial charge in [0.15, 0.2) is 0 Å². The standard InChI is InChI=1S/C94H162N18O35S3/c1-8-9-17-68-86(125)105-54-76(114)107-71(53-85(123)124)90(129)112-74(65-150-94(5,6)7)92(131)109-70(52-67-15-11-10-12-16-67)89(128)110-72(63-148-66-84(122)106-69(18-13-14-19-95)88(127)111-73(91(130)108-68)64-149-93(2,3)4)87(126)104-27-35-139-43-51-143-50-42-138-34-26-103-83(121)62-147-61-82(120)102-25-33-137-41-49-142-48-40-136-32-24-101-81(119)60-146-59-80(118)100-23-31-135-39-47-141-46-38-134-30-22-99-79(117)58-145-57-78(116)98-21-29-133-37-45-140-44-36-132-28-20-97-77(115)56-144-55-75(96)113/h10-12,15-16,68-74H,8-9,13-14,17-66,95H2,1-7H3,(H2,96,113)(H,97,115)(H,98,116)(H,99,117)(H,100,118)(H,101,119)(H,102,120)(H,103,121)(H,104,126)(H,105,125)(H,106,122)(H,107,114)(H,108,130)(H,109,131)(H,110,128)(H,111,127)(H,112,129)(H,123,124)/t68-,69-,70-,71-,72-,73-,74-/m0/s1. The molecule has 1 heterocycles. The van der Waals surface area contributed by atoms with Crippen LogP contribution in [0.4, 0.5) is 0 Å². The van der Waals surface area contributed by atoms with Crippen LogP contribution in [0.1, 0.15) is 99.0 Å². The van der Waals surface area contributed by atoms with Crippen LogP contribution in [-0.2, 0) is 169 Å². The lowest BCUT2D eigenvalue weighted by molar-refractivity contribution is -0.141. The number of hydrogen-bond acceptors (Lipinski definition) is 38. The highest BCUT2D eigenvalue weighted by Gasteiger charge is 2.36. The number of benzene rings is 1. The van der Waals surface area contributed by atoms with Gasteiger partial charge in [0.2, 0.25) is 100 Å². The maximum absolute atomic E-state index is 14.8. The number of thioether (sulfide) groups is 3. The topological polar surface area (TPSA) is 720 Å². The Morgan fingerprint density at radius 3 is 1.00 bits per heavy atom. The van der Waals surface area contributed by atoms with Crippen molar-refractivity contribution in [1.29, 1.82) is 0 Å². The third-order valence-corrected chi connectivity index (χ3v) is 23.4. The van der Waals surface area contributed by atoms with Gasteiger partial charge in [0.05, 0.1) is 177 Å². The summed E-state index contributed by atoms with van der Waals surface area (Å²) >= 11 is 3.53. The molecule has 1 aliphatic heterocycles. The molecule has 0 radical (unpaired) electrons. The van der Waals surface area contributed by atoms with Gasteiger partial charge in [-0.25, -0.2) is 0 Å². The predicted molar refractivity (Wildman–Crippen MR) is 549 cm³/mol. The van der Waals surface area contributed by atoms with Gasteiger partial charge in [0, 0.05) is 85.5 Å². The second kappa shape index (κ2) is 87.5. The number of carboxylic acids is 1. The minimum atomic E-state index is -1.80. The van der Waals surface area contributed by atoms with Crippen molar-refractivity contribution in [3.8, 4) is 0 Å². The lowest BCUT2D eigenvalue weighted by atomic mass is 10.0. The molecule has 1 saturated heterocycles. The molecule has 56 heteroatoms. The van der Waals surface area contributed by atoms with E-state index in [9.17, 15) is 91.4 Å². The second-order valence-corrected chi connectivity index (χ2v) is 39.6. The highest BCUT2D eigenvalue weighted by molar-refractivity contribution is 8.01. The fourth-order valence-electron chi connectivity index (χ4n) is 12.2. The normalized spacial score (nSPS) is 17.1. The molecule has 856 valence electrons. The lowest BCUT2D eigenvalue weighted by Gasteiger charge is -2.28. The summed E-state index contributed by atoms with van der Waals surface area (Å²) in [5, 5.41) is 52.1. The van der Waals surface area contributed by atoms with E-state index in [4.69, 9.17) is 87.3 Å². The fraction of sp³-hybridized carbons (Fsp3) is 0.745. The number of carboxylic acid groups (broad SMARTS) is 1. The van der Waals surface area contributed by atoms with E-state index in [-0.39, 0.29) is 286 Å². The van der Waals surface area contributed by atoms with E-state index in [1.165, 1.54) is 23.5 Å². The molecule has 1 aromatic rings. The van der Waals surface area contributed by atoms with E-state index in [0.29, 0.717) is 57.7 Å². The number of ether oxygens (including phenoxy) is 16. The average Bonchev–Trinajstić information content (AvgIpc) is 0.900. The Kier molecular flexibility index (Phi) is 79.4. The van der Waals surface area contributed by atoms with Gasteiger partial charge in [-0.3, -0.25) is 86.3 Å². The molecule has 1 aromatic carbocycles. The molecule has 0 spiro atoms. The molecule has 0 saturated carbocycles. The second-order valence-electron chi connectivity index (χ2n) is 34.9. The molecule has 7 atom stereocenters. The van der Waals surface area contributed by atoms with Gasteiger partial charge in [-0.15, -0.1) is 11.8 Å². The Hall–Kier alpha value is -9.95. The maximum atomic E-state index is 14.8. The smallest absolute Gasteiger partial charge is 0.305 e. The number of rotatable bonds is 80. The molecule has 0 aromatic heterocycles. The third-order valence-electron chi connectivity index (χ3n) is 19.6. The maximum Gasteiger partial charge on any atom is 0.305 e. The van der Waals surface area contributed by atoms with E-state index in [2.05, 4.69) is 85.1 Å². The first kappa shape index (κ1) is 136. The van der Waals surface area contributed by atoms with Crippen molar-refractivity contribution in [2.75, 3.05) is 300 Å². The van der Waals surface area contributed by atoms with E-state index in [1.807, 2.05) is 48.5 Å². The number of nitrogens with two attached hydrogens (primary N) is 2. The molecular weight excluding hydrogens is 2040 g/mol. The highest BCUT2D eigenvalue weighted by Crippen LogP contribution is 2.26. The Labute approximate surface area is 888 Å². The molecule has 0 bridgehead atoms. The van der Waals surface area contributed by atoms with Crippen molar-refractivity contribution in [3.05, 3.63) is 35.9 Å². The molecular formula is C94H162N18O35S3. The Balaban J connectivity index is 1.66. The minimum absolute atomic E-state index is 0.0224. The monoisotopic (exact) mass is 2200 g/mol. The minimum Gasteiger partial charge on any atom is -0.481 e. The molecule has 1 fully saturated rings. The Morgan fingerprint density at radius 1 is 0.360 bits per heavy atom. The van der Waals surface area contributed by atoms with Gasteiger partial charge in [-0.1, -0.05) is 91.6 Å². The van der Waals surface area contributed by atoms with Gasteiger partial charge in [-0.2, -0.15) is 23.5 Å². The van der Waals surface area contributed by atoms with Crippen LogP contribution in [0, 0.1) is 0 Å². The number of carbonyl (C=O) groups excluding carboxylic acids is 17. The van der Waals surface area contributed by atoms with Crippen LogP contribution in [0.15, 0.2) is 30.3 Å². The first-order chi connectivity index (χ1) is 72.0. The van der Waals surface area contributed by atoms with Crippen LogP contribution in [0.25, 0.3) is 0 Å². The largest absolute Gasteiger partial charge is 0.481 e. The lowest BCUT2D eigenvalue weighted by Crippen LogP contribution is -2.60. The van der Waals surface area contributed by atoms with Crippen LogP contribution < -0.4 is 96.5 Å². The molecule has 21 N–H and O–H groups in total. The van der Waals surface area contributed by atoms with Crippen molar-refractivity contribution >= 4 is 142 Å². The number of primary amides is 1. The number of unbranched alkanes of at least 4 members (excludes halogenated alkanes) is 2. The van der Waals surface area contributed by atoms with E-state index in [0.717, 1.165) is 11.8 Å². The van der Waals surface area contributed by atoms with Gasteiger partial charge >= 0.3 is 5.97 Å². The molecule has 53 nitrogen and oxygen atoms in total. The summed E-state index contributed by atoms with van der Waals surface area (Å²) in [6.45, 7) is 16.5. The van der Waals surface area contributed by atoms with Gasteiger partial charge in [0.1, 0.15) is 95.1 Å². The zero-order valence-electron chi connectivity index (χ0n) is 87.3. The number of hydrogen-bond donors (Lipinski definition) is 19. The Morgan fingerprint density at radius 2 is 0.660 bits per heavy atom. The number of aliphatic carboxylic acids is 1. The van der Waals surface area contributed by atoms with Crippen molar-refractivity contribution in [2.24, 2.45) is 11.5 Å². The van der Waals surface area contributed by atoms with E-state index < -0.39 is 171 Å². The van der Waals surface area contributed by atoms with Crippen LogP contribution in [0.2, 0.25) is 0 Å². The van der Waals surface area contributed by atoms with Gasteiger partial charge in [0.25, 0.3) is 0 Å². The zero-order valence-corrected chi connectivity index (χ0v) is 89.8. The Bertz CT molecular complexity index is 4050. The van der Waals surface area contributed by atoms with Crippen molar-refractivity contribution < 1.29 is 167 Å². The summed E-state index contributed by atoms with van der Waals surface area (Å²) in [7, 11) is 0. The fourth-order valence-corrected chi connectivity index (χ4v) is 14.8. The van der Waals surface area contributed by atoms with E-state index in [1.54, 1.807) is 30.3 Å². The summed E-state index contributed by atoms with van der Waals surface area (Å²) in [6.07, 6.45) is 0.981. The number of nitrogens with one attached hydrogen (secondary N) is 16. The first-order valence-corrected chi connectivity index (χ1v) is 53.0. The first-order valence-electron chi connectivity index (χ1n) is 49.8. The van der Waals surface area contributed by atoms with Crippen molar-refractivity contribution in [2.45, 2.75) is 152 Å². The van der Waals surface area contributed by atoms with Crippen LogP contribution in [0.5, 0.6) is 0 Å². The summed E-state index contributed by atoms with van der Waals surface area (Å²) in [4.78, 5) is 235. The van der Waals surface area contributed by atoms with Crippen LogP contribution in [0.3, 0.4) is 0 Å². The average molecular weight is 2200 g/mol. The molecule has 150 heavy (non-hydrogen) atoms. The SMILES string of the molecule is CCCC[C@@H]1NC(=O)[C@H](CSC(C)(C)C)NC(=O)[C@H](CCCCN)NC(=O)CSC[C@@H](C(=O)NCCOCCOCCOCCNC(=O)COCC(=O)NCCOCCOCCOCCNC(=O)COCC(=O)NCCOCCOCCOCCNC(=O)COCC(=O)NCCOCCOCCOCCNC(=O)COCC(N)=O)NC(=O)[C@H](Cc2ccccc2)NC(=O)[C@H](CSC(C)(C)C)NC(=O)[C@H](CC(=O)O)NC(=O)CNC1=O. The molecule has 17 amide bonds. The van der Waals surface area contributed by atoms with Crippen LogP contribution in [-0.4, -0.2) is 463 Å². The molecule has 1 aliphatic rings. The number of carbonyl (C=O) groups is 18. The predicted octanol–water partition coefficient (Wildman–Crippen LogP) is -6.98. The van der Waals surface area contributed by atoms with Crippen molar-refractivity contribution in [3.63, 3.8) is 0 Å². The van der Waals surface area contributed by atoms with Gasteiger partial charge in [-0.05, 0) is 37.8 Å². The molecule has 2 rings (SSSR count).